The molecular formula is C74H97N5O24. The number of carbonyl (C=O) groups is 5. The van der Waals surface area contributed by atoms with E-state index in [1.165, 1.54) is 44.6 Å². The summed E-state index contributed by atoms with van der Waals surface area (Å²) >= 11 is 0. The molecule has 4 aromatic carbocycles. The number of hydrogen-bond acceptors (Lipinski definition) is 25. The average Bonchev–Trinajstić information content (AvgIpc) is 1.74. The maximum Gasteiger partial charge on any atom is 0.411 e. The number of ketones is 1. The highest BCUT2D eigenvalue weighted by molar-refractivity contribution is 6.04. The van der Waals surface area contributed by atoms with Gasteiger partial charge in [-0.25, -0.2) is 4.79 Å². The number of hydrogen-bond donors (Lipinski definition) is 9. The zero-order chi connectivity index (χ0) is 73.6. The van der Waals surface area contributed by atoms with Crippen LogP contribution in [0.25, 0.3) is 0 Å². The van der Waals surface area contributed by atoms with E-state index in [2.05, 4.69) is 29.1 Å². The van der Waals surface area contributed by atoms with Crippen molar-refractivity contribution in [2.24, 2.45) is 5.41 Å². The molecule has 5 saturated heterocycles. The van der Waals surface area contributed by atoms with Gasteiger partial charge < -0.3 is 113 Å². The van der Waals surface area contributed by atoms with Gasteiger partial charge in [-0.15, -0.1) is 0 Å². The minimum absolute atomic E-state index is 0.0218. The number of rotatable bonds is 31. The summed E-state index contributed by atoms with van der Waals surface area (Å²) in [7, 11) is 2.89. The van der Waals surface area contributed by atoms with E-state index in [4.69, 9.17) is 61.6 Å². The van der Waals surface area contributed by atoms with Gasteiger partial charge in [0.25, 0.3) is 17.7 Å². The van der Waals surface area contributed by atoms with Gasteiger partial charge in [0.05, 0.1) is 118 Å². The first-order valence-corrected chi connectivity index (χ1v) is 34.8. The summed E-state index contributed by atoms with van der Waals surface area (Å²) in [6.45, 7) is 18.1. The van der Waals surface area contributed by atoms with Crippen LogP contribution < -0.4 is 39.6 Å². The molecule has 0 spiro atoms. The number of likely N-dealkylation sites (tertiary alicyclic amines) is 2. The van der Waals surface area contributed by atoms with Crippen molar-refractivity contribution in [2.75, 3.05) is 104 Å². The zero-order valence-electron chi connectivity index (χ0n) is 59.1. The average molecular weight is 1440 g/mol. The van der Waals surface area contributed by atoms with E-state index >= 15 is 0 Å². The summed E-state index contributed by atoms with van der Waals surface area (Å²) in [6, 6.07) is 15.0. The molecule has 4 aromatic rings. The molecule has 0 unspecified atom stereocenters. The molecule has 1 saturated carbocycles. The molecule has 29 nitrogen and oxygen atoms in total. The molecule has 10 atom stereocenters. The van der Waals surface area contributed by atoms with Crippen LogP contribution in [0.1, 0.15) is 130 Å². The normalized spacial score (nSPS) is 23.9. The van der Waals surface area contributed by atoms with Gasteiger partial charge in [0, 0.05) is 45.3 Å². The number of carbonyl (C=O) groups excluding carboxylic acids is 5. The lowest BCUT2D eigenvalue weighted by atomic mass is 9.87. The Balaban J connectivity index is 0.805. The molecule has 5 aliphatic heterocycles. The molecule has 0 aromatic heterocycles. The Morgan fingerprint density at radius 3 is 1.81 bits per heavy atom. The third-order valence-electron chi connectivity index (χ3n) is 18.4. The van der Waals surface area contributed by atoms with Crippen molar-refractivity contribution in [2.45, 2.75) is 166 Å². The predicted molar refractivity (Wildman–Crippen MR) is 370 cm³/mol. The Morgan fingerprint density at radius 1 is 0.602 bits per heavy atom. The summed E-state index contributed by atoms with van der Waals surface area (Å²) < 4.78 is 76.4. The Kier molecular flexibility index (Phi) is 26.9. The van der Waals surface area contributed by atoms with E-state index in [0.717, 1.165) is 11.1 Å². The van der Waals surface area contributed by atoms with Crippen LogP contribution in [-0.4, -0.2) is 237 Å². The zero-order valence-corrected chi connectivity index (χ0v) is 59.1. The maximum absolute atomic E-state index is 14.8. The molecule has 9 N–H and O–H groups in total. The van der Waals surface area contributed by atoms with Crippen LogP contribution in [0.4, 0.5) is 16.2 Å². The van der Waals surface area contributed by atoms with Crippen molar-refractivity contribution >= 4 is 41.0 Å². The summed E-state index contributed by atoms with van der Waals surface area (Å²) in [6.07, 6.45) is -9.69. The highest BCUT2D eigenvalue weighted by Gasteiger charge is 2.44. The second-order valence-electron chi connectivity index (χ2n) is 27.7. The third-order valence-corrected chi connectivity index (χ3v) is 18.4. The van der Waals surface area contributed by atoms with Crippen LogP contribution in [0.2, 0.25) is 0 Å². The second kappa shape index (κ2) is 35.6. The largest absolute Gasteiger partial charge is 0.493 e. The van der Waals surface area contributed by atoms with Crippen LogP contribution in [0.5, 0.6) is 28.7 Å². The highest BCUT2D eigenvalue weighted by atomic mass is 16.7. The SMILES string of the molecule is C=C1C[C@@H](C2OCCO2)N(C(=O)c2cc(C)c(OCCCCCOc3cc(NC(=O)OCc4ccc(O[C@@H]5OC[C@@H](O)[C@H](O)[C@H]5O)c(C(=O)NCCOC)c4)c(C(=O)N4CC(=C)C[C@H]4C4OCCO4)cc3OC)cc2NCOCc2ccc(O[C@@H]3CC[C@@H](O)[C@H](O)[C@H]3O)c(C(=O)CC(C)(C)C)c2)C1. The van der Waals surface area contributed by atoms with E-state index in [9.17, 15) is 54.6 Å². The summed E-state index contributed by atoms with van der Waals surface area (Å²) in [5, 5.41) is 70.9. The second-order valence-corrected chi connectivity index (χ2v) is 27.7. The van der Waals surface area contributed by atoms with Gasteiger partial charge in [0.1, 0.15) is 67.2 Å². The van der Waals surface area contributed by atoms with Gasteiger partial charge in [-0.3, -0.25) is 24.5 Å². The maximum atomic E-state index is 14.8. The first-order chi connectivity index (χ1) is 49.4. The number of unbranched alkanes of at least 4 members (excludes halogenated alkanes) is 2. The van der Waals surface area contributed by atoms with Crippen LogP contribution in [0, 0.1) is 12.3 Å². The third kappa shape index (κ3) is 19.9. The van der Waals surface area contributed by atoms with Crippen molar-refractivity contribution in [3.63, 3.8) is 0 Å². The molecule has 0 radical (unpaired) electrons. The Bertz CT molecular complexity index is 3650. The Hall–Kier alpha value is -8.01. The lowest BCUT2D eigenvalue weighted by Gasteiger charge is -2.35. The van der Waals surface area contributed by atoms with E-state index in [1.807, 2.05) is 27.7 Å². The number of ether oxygens (including phenoxy) is 13. The van der Waals surface area contributed by atoms with Crippen LogP contribution in [-0.2, 0) is 51.1 Å². The molecule has 103 heavy (non-hydrogen) atoms. The van der Waals surface area contributed by atoms with Crippen LogP contribution in [0.3, 0.4) is 0 Å². The number of amides is 4. The fourth-order valence-corrected chi connectivity index (χ4v) is 13.0. The van der Waals surface area contributed by atoms with Crippen molar-refractivity contribution in [3.8, 4) is 28.7 Å². The summed E-state index contributed by atoms with van der Waals surface area (Å²) in [5.74, 6) is -0.449. The van der Waals surface area contributed by atoms with Crippen molar-refractivity contribution in [1.82, 2.24) is 15.1 Å². The Morgan fingerprint density at radius 2 is 1.18 bits per heavy atom. The number of aryl methyl sites for hydroxylation is 1. The lowest BCUT2D eigenvalue weighted by molar-refractivity contribution is -0.242. The highest BCUT2D eigenvalue weighted by Crippen LogP contribution is 2.40. The van der Waals surface area contributed by atoms with Gasteiger partial charge in [0.15, 0.2) is 29.9 Å². The number of aliphatic hydroxyl groups is 6. The first kappa shape index (κ1) is 77.6. The number of benzene rings is 4. The van der Waals surface area contributed by atoms with Gasteiger partial charge in [-0.05, 0) is 110 Å². The fourth-order valence-electron chi connectivity index (χ4n) is 13.0. The number of nitrogens with one attached hydrogen (secondary N) is 3. The monoisotopic (exact) mass is 1440 g/mol. The van der Waals surface area contributed by atoms with Crippen molar-refractivity contribution in [3.05, 3.63) is 124 Å². The Labute approximate surface area is 598 Å². The summed E-state index contributed by atoms with van der Waals surface area (Å²) in [5.41, 5.74) is 4.05. The number of Topliss-reactive ketones (excluding diaryl/α,β-unsaturated/α-hetero) is 1. The lowest BCUT2D eigenvalue weighted by Crippen LogP contribution is -2.54. The number of nitrogens with zero attached hydrogens (tertiary/aromatic N) is 2. The fraction of sp³-hybridized carbons (Fsp3) is 0.554. The molecule has 6 aliphatic rings. The van der Waals surface area contributed by atoms with Gasteiger partial charge in [-0.1, -0.05) is 57.2 Å². The molecule has 562 valence electrons. The standard InChI is InChI=1S/C74H97N5O24/c1-41-26-52(70-96-22-23-97-70)78(35-41)68(88)46-28-43(3)60(32-50(46)76-40-93-37-44-12-15-57(48(29-44)55(81)34-74(4,5)6)102-59-17-14-54(80)63(83)65(59)85)94-19-10-9-11-20-95-62-33-51(47(31-61(62)92-8)69(89)79-36-42(2)27-53(79)71-98-24-25-99-71)77-73(90)101-38-45-13-16-58(49(30-45)67(87)75-18-21-91-7)103-72-66(86)64(84)56(82)39-100-72/h12-13,15-16,28-33,52-54,56,59,63-66,70-72,76,80,82-86H,1-2,9-11,14,17-27,34-40H2,3-8H3,(H,75,87)(H,77,90)/t52-,53-,54+,56+,59+,63-,64-,65-,66+,72-/m0/s1. The molecule has 1 aliphatic carbocycles. The smallest absolute Gasteiger partial charge is 0.411 e. The molecular weight excluding hydrogens is 1340 g/mol. The number of methoxy groups -OCH3 is 2. The molecule has 6 fully saturated rings. The van der Waals surface area contributed by atoms with Crippen molar-refractivity contribution in [1.29, 1.82) is 0 Å². The van der Waals surface area contributed by atoms with E-state index < -0.39 is 91.6 Å². The molecule has 29 heteroatoms. The van der Waals surface area contributed by atoms with Crippen LogP contribution >= 0.6 is 0 Å². The van der Waals surface area contributed by atoms with Gasteiger partial charge >= 0.3 is 6.09 Å². The number of anilines is 2. The number of aliphatic hydroxyl groups excluding tert-OH is 6. The molecule has 10 rings (SSSR count). The van der Waals surface area contributed by atoms with Gasteiger partial charge in [-0.2, -0.15) is 0 Å². The first-order valence-electron chi connectivity index (χ1n) is 34.8. The minimum Gasteiger partial charge on any atom is -0.493 e. The van der Waals surface area contributed by atoms with E-state index in [0.29, 0.717) is 98.8 Å². The molecule has 4 amide bonds. The quantitative estimate of drug-likeness (QED) is 0.0126. The van der Waals surface area contributed by atoms with Crippen LogP contribution in [0.15, 0.2) is 85.0 Å². The minimum atomic E-state index is -1.66. The predicted octanol–water partition coefficient (Wildman–Crippen LogP) is 5.69. The van der Waals surface area contributed by atoms with E-state index in [1.54, 1.807) is 40.1 Å². The topological polar surface area (TPSA) is 369 Å². The molecule has 5 heterocycles. The molecule has 0 bridgehead atoms. The van der Waals surface area contributed by atoms with Crippen molar-refractivity contribution < 1.29 is 116 Å². The van der Waals surface area contributed by atoms with E-state index in [-0.39, 0.29) is 141 Å². The van der Waals surface area contributed by atoms with Gasteiger partial charge in [0.2, 0.25) is 6.29 Å². The summed E-state index contributed by atoms with van der Waals surface area (Å²) in [4.78, 5) is 74.1.